The number of nitrogens with one attached hydrogen (secondary N) is 1. The van der Waals surface area contributed by atoms with Crippen LogP contribution in [0.15, 0.2) is 72.2 Å². The first kappa shape index (κ1) is 13.0. The van der Waals surface area contributed by atoms with Gasteiger partial charge in [-0.25, -0.2) is 4.98 Å². The third-order valence-corrected chi connectivity index (χ3v) is 4.17. The van der Waals surface area contributed by atoms with Crippen molar-refractivity contribution in [1.29, 1.82) is 0 Å². The Hall–Kier alpha value is -2.72. The van der Waals surface area contributed by atoms with Gasteiger partial charge in [0.1, 0.15) is 0 Å². The molecule has 0 aliphatic carbocycles. The van der Waals surface area contributed by atoms with Crippen molar-refractivity contribution in [3.05, 3.63) is 72.2 Å². The standard InChI is InChI=1S/C18H13N3S/c1-2-6-13(7-3-1)17-12-22-18(21-17)20-15-10-14-8-4-5-9-16(14)19-11-15/h1-12H,(H,20,21). The van der Waals surface area contributed by atoms with E-state index in [1.807, 2.05) is 42.6 Å². The molecule has 4 heteroatoms. The Bertz CT molecular complexity index is 916. The van der Waals surface area contributed by atoms with Crippen molar-refractivity contribution >= 4 is 33.1 Å². The van der Waals surface area contributed by atoms with Gasteiger partial charge >= 0.3 is 0 Å². The average molecular weight is 303 g/mol. The summed E-state index contributed by atoms with van der Waals surface area (Å²) in [4.78, 5) is 9.09. The van der Waals surface area contributed by atoms with Crippen LogP contribution in [0.4, 0.5) is 10.8 Å². The molecule has 0 aliphatic heterocycles. The number of fused-ring (bicyclic) bond motifs is 1. The lowest BCUT2D eigenvalue weighted by Crippen LogP contribution is -1.91. The van der Waals surface area contributed by atoms with Crippen LogP contribution in [0.1, 0.15) is 0 Å². The van der Waals surface area contributed by atoms with Crippen LogP contribution in [-0.4, -0.2) is 9.97 Å². The number of hydrogen-bond donors (Lipinski definition) is 1. The van der Waals surface area contributed by atoms with Crippen LogP contribution in [0.5, 0.6) is 0 Å². The number of para-hydroxylation sites is 1. The summed E-state index contributed by atoms with van der Waals surface area (Å²) in [7, 11) is 0. The quantitative estimate of drug-likeness (QED) is 0.572. The van der Waals surface area contributed by atoms with Gasteiger partial charge in [0.15, 0.2) is 5.13 Å². The van der Waals surface area contributed by atoms with Gasteiger partial charge in [-0.05, 0) is 12.1 Å². The Balaban J connectivity index is 1.61. The van der Waals surface area contributed by atoms with Crippen molar-refractivity contribution < 1.29 is 0 Å². The van der Waals surface area contributed by atoms with E-state index in [0.717, 1.165) is 33.0 Å². The number of nitrogens with zero attached hydrogens (tertiary/aromatic N) is 2. The zero-order chi connectivity index (χ0) is 14.8. The van der Waals surface area contributed by atoms with Gasteiger partial charge in [-0.15, -0.1) is 11.3 Å². The molecule has 0 bridgehead atoms. The van der Waals surface area contributed by atoms with Crippen LogP contribution in [0, 0.1) is 0 Å². The van der Waals surface area contributed by atoms with Gasteiger partial charge in [-0.1, -0.05) is 48.5 Å². The predicted molar refractivity (Wildman–Crippen MR) is 92.6 cm³/mol. The van der Waals surface area contributed by atoms with Gasteiger partial charge in [0.25, 0.3) is 0 Å². The van der Waals surface area contributed by atoms with Crippen molar-refractivity contribution in [2.24, 2.45) is 0 Å². The Morgan fingerprint density at radius 2 is 1.73 bits per heavy atom. The fourth-order valence-corrected chi connectivity index (χ4v) is 3.08. The van der Waals surface area contributed by atoms with Crippen LogP contribution in [0.3, 0.4) is 0 Å². The lowest BCUT2D eigenvalue weighted by Gasteiger charge is -2.03. The number of aromatic nitrogens is 2. The Morgan fingerprint density at radius 3 is 2.64 bits per heavy atom. The first-order valence-electron chi connectivity index (χ1n) is 7.01. The first-order chi connectivity index (χ1) is 10.9. The summed E-state index contributed by atoms with van der Waals surface area (Å²) in [6.45, 7) is 0. The van der Waals surface area contributed by atoms with E-state index in [-0.39, 0.29) is 0 Å². The van der Waals surface area contributed by atoms with E-state index in [9.17, 15) is 0 Å². The minimum absolute atomic E-state index is 0.871. The van der Waals surface area contributed by atoms with Crippen molar-refractivity contribution in [3.63, 3.8) is 0 Å². The lowest BCUT2D eigenvalue weighted by atomic mass is 10.2. The zero-order valence-corrected chi connectivity index (χ0v) is 12.5. The molecule has 0 aliphatic rings. The van der Waals surface area contributed by atoms with Gasteiger partial charge in [-0.2, -0.15) is 0 Å². The van der Waals surface area contributed by atoms with Gasteiger partial charge < -0.3 is 5.32 Å². The minimum Gasteiger partial charge on any atom is -0.330 e. The molecule has 0 amide bonds. The molecule has 22 heavy (non-hydrogen) atoms. The zero-order valence-electron chi connectivity index (χ0n) is 11.7. The summed E-state index contributed by atoms with van der Waals surface area (Å²) in [6, 6.07) is 20.4. The molecule has 2 heterocycles. The Kier molecular flexibility index (Phi) is 3.29. The second-order valence-corrected chi connectivity index (χ2v) is 5.80. The maximum Gasteiger partial charge on any atom is 0.187 e. The molecule has 1 N–H and O–H groups in total. The molecule has 4 rings (SSSR count). The molecule has 2 aromatic heterocycles. The van der Waals surface area contributed by atoms with Crippen LogP contribution in [0.25, 0.3) is 22.2 Å². The molecule has 0 unspecified atom stereocenters. The molecule has 0 spiro atoms. The number of rotatable bonds is 3. The predicted octanol–water partition coefficient (Wildman–Crippen LogP) is 5.10. The first-order valence-corrected chi connectivity index (χ1v) is 7.89. The van der Waals surface area contributed by atoms with E-state index < -0.39 is 0 Å². The van der Waals surface area contributed by atoms with Crippen LogP contribution in [0.2, 0.25) is 0 Å². The third kappa shape index (κ3) is 2.56. The number of benzene rings is 2. The van der Waals surface area contributed by atoms with Gasteiger partial charge in [0.2, 0.25) is 0 Å². The maximum atomic E-state index is 4.64. The molecule has 4 aromatic rings. The SMILES string of the molecule is c1ccc(-c2csc(Nc3cnc4ccccc4c3)n2)cc1. The third-order valence-electron chi connectivity index (χ3n) is 3.42. The largest absolute Gasteiger partial charge is 0.330 e. The monoisotopic (exact) mass is 303 g/mol. The van der Waals surface area contributed by atoms with E-state index in [4.69, 9.17) is 0 Å². The molecule has 0 fully saturated rings. The summed E-state index contributed by atoms with van der Waals surface area (Å²) >= 11 is 1.59. The highest BCUT2D eigenvalue weighted by Crippen LogP contribution is 2.27. The van der Waals surface area contributed by atoms with Gasteiger partial charge in [0.05, 0.1) is 23.1 Å². The summed E-state index contributed by atoms with van der Waals surface area (Å²) in [5.74, 6) is 0. The lowest BCUT2D eigenvalue weighted by molar-refractivity contribution is 1.35. The van der Waals surface area contributed by atoms with E-state index >= 15 is 0 Å². The summed E-state index contributed by atoms with van der Waals surface area (Å²) in [6.07, 6.45) is 1.84. The Morgan fingerprint density at radius 1 is 0.909 bits per heavy atom. The van der Waals surface area contributed by atoms with Crippen LogP contribution < -0.4 is 5.32 Å². The van der Waals surface area contributed by atoms with Crippen LogP contribution >= 0.6 is 11.3 Å². The topological polar surface area (TPSA) is 37.8 Å². The molecule has 0 atom stereocenters. The highest BCUT2D eigenvalue weighted by Gasteiger charge is 2.05. The van der Waals surface area contributed by atoms with E-state index in [1.165, 1.54) is 0 Å². The highest BCUT2D eigenvalue weighted by molar-refractivity contribution is 7.14. The minimum atomic E-state index is 0.871. The molecule has 2 aromatic carbocycles. The molecular weight excluding hydrogens is 290 g/mol. The second-order valence-electron chi connectivity index (χ2n) is 4.95. The number of pyridine rings is 1. The van der Waals surface area contributed by atoms with Crippen LogP contribution in [-0.2, 0) is 0 Å². The molecule has 0 saturated carbocycles. The normalized spacial score (nSPS) is 10.7. The van der Waals surface area contributed by atoms with E-state index in [1.54, 1.807) is 11.3 Å². The maximum absolute atomic E-state index is 4.64. The van der Waals surface area contributed by atoms with Crippen molar-refractivity contribution in [1.82, 2.24) is 9.97 Å². The number of thiazole rings is 1. The second kappa shape index (κ2) is 5.58. The fraction of sp³-hybridized carbons (Fsp3) is 0. The molecule has 0 radical (unpaired) electrons. The fourth-order valence-electron chi connectivity index (χ4n) is 2.34. The Labute approximate surface area is 132 Å². The van der Waals surface area contributed by atoms with Gasteiger partial charge in [-0.3, -0.25) is 4.98 Å². The van der Waals surface area contributed by atoms with Crippen molar-refractivity contribution in [3.8, 4) is 11.3 Å². The molecule has 106 valence electrons. The smallest absolute Gasteiger partial charge is 0.187 e. The number of hydrogen-bond acceptors (Lipinski definition) is 4. The molecular formula is C18H13N3S. The number of anilines is 2. The summed E-state index contributed by atoms with van der Waals surface area (Å²) in [5.41, 5.74) is 4.06. The highest BCUT2D eigenvalue weighted by atomic mass is 32.1. The van der Waals surface area contributed by atoms with Crippen molar-refractivity contribution in [2.75, 3.05) is 5.32 Å². The molecule has 3 nitrogen and oxygen atoms in total. The molecule has 0 saturated heterocycles. The van der Waals surface area contributed by atoms with Gasteiger partial charge in [0, 0.05) is 16.3 Å². The van der Waals surface area contributed by atoms with Crippen molar-refractivity contribution in [2.45, 2.75) is 0 Å². The summed E-state index contributed by atoms with van der Waals surface area (Å²) in [5, 5.41) is 7.38. The average Bonchev–Trinajstić information content (AvgIpc) is 3.04. The summed E-state index contributed by atoms with van der Waals surface area (Å²) < 4.78 is 0. The van der Waals surface area contributed by atoms with E-state index in [0.29, 0.717) is 0 Å². The van der Waals surface area contributed by atoms with E-state index in [2.05, 4.69) is 44.9 Å².